The number of isocyanates is 1. The second-order valence-electron chi connectivity index (χ2n) is 4.16. The van der Waals surface area contributed by atoms with Crippen LogP contribution in [-0.4, -0.2) is 11.2 Å². The van der Waals surface area contributed by atoms with E-state index in [1.165, 1.54) is 38.2 Å². The van der Waals surface area contributed by atoms with E-state index in [0.29, 0.717) is 16.6 Å². The number of rotatable bonds is 3. The minimum Gasteiger partial charge on any atom is -0.334 e. The van der Waals surface area contributed by atoms with Gasteiger partial charge in [0.2, 0.25) is 6.08 Å². The van der Waals surface area contributed by atoms with Gasteiger partial charge in [-0.2, -0.15) is 0 Å². The van der Waals surface area contributed by atoms with E-state index in [2.05, 4.69) is 10.1 Å². The summed E-state index contributed by atoms with van der Waals surface area (Å²) < 4.78 is 4.87. The standard InChI is InChI=1S/C11H13ClN2O2/c12-10-9(14-16-11(10)13-7-15)6-8-4-2-1-3-5-8/h8H,1-6H2. The molecule has 1 aliphatic rings. The van der Waals surface area contributed by atoms with Crippen molar-refractivity contribution in [2.45, 2.75) is 38.5 Å². The van der Waals surface area contributed by atoms with Crippen molar-refractivity contribution in [2.75, 3.05) is 0 Å². The Morgan fingerprint density at radius 3 is 2.88 bits per heavy atom. The van der Waals surface area contributed by atoms with Crippen molar-refractivity contribution in [1.82, 2.24) is 5.16 Å². The molecule has 1 fully saturated rings. The molecule has 5 heteroatoms. The van der Waals surface area contributed by atoms with Crippen LogP contribution in [0.1, 0.15) is 37.8 Å². The van der Waals surface area contributed by atoms with Gasteiger partial charge in [-0.25, -0.2) is 4.79 Å². The fraction of sp³-hybridized carbons (Fsp3) is 0.636. The lowest BCUT2D eigenvalue weighted by Gasteiger charge is -2.20. The van der Waals surface area contributed by atoms with Crippen LogP contribution in [0.25, 0.3) is 0 Å². The second kappa shape index (κ2) is 5.28. The molecule has 1 heterocycles. The van der Waals surface area contributed by atoms with Gasteiger partial charge in [0, 0.05) is 0 Å². The maximum absolute atomic E-state index is 10.1. The average molecular weight is 241 g/mol. The van der Waals surface area contributed by atoms with Crippen molar-refractivity contribution < 1.29 is 9.32 Å². The van der Waals surface area contributed by atoms with Crippen LogP contribution in [0.15, 0.2) is 9.52 Å². The van der Waals surface area contributed by atoms with Gasteiger partial charge in [-0.15, -0.1) is 4.99 Å². The molecule has 0 aromatic carbocycles. The van der Waals surface area contributed by atoms with E-state index in [9.17, 15) is 4.79 Å². The molecule has 0 N–H and O–H groups in total. The lowest BCUT2D eigenvalue weighted by molar-refractivity contribution is 0.344. The Kier molecular flexibility index (Phi) is 3.75. The zero-order valence-corrected chi connectivity index (χ0v) is 9.66. The van der Waals surface area contributed by atoms with Crippen molar-refractivity contribution in [1.29, 1.82) is 0 Å². The quantitative estimate of drug-likeness (QED) is 0.601. The molecule has 86 valence electrons. The van der Waals surface area contributed by atoms with E-state index < -0.39 is 0 Å². The van der Waals surface area contributed by atoms with Crippen LogP contribution in [0, 0.1) is 5.92 Å². The number of nitrogens with zero attached hydrogens (tertiary/aromatic N) is 2. The highest BCUT2D eigenvalue weighted by Gasteiger charge is 2.20. The summed E-state index contributed by atoms with van der Waals surface area (Å²) in [6.07, 6.45) is 8.53. The number of aliphatic imine (C=N–C) groups is 1. The number of carbonyl (C=O) groups excluding carboxylic acids is 1. The first-order valence-corrected chi connectivity index (χ1v) is 5.91. The van der Waals surface area contributed by atoms with E-state index in [1.54, 1.807) is 0 Å². The molecule has 1 saturated carbocycles. The number of hydrogen-bond donors (Lipinski definition) is 0. The van der Waals surface area contributed by atoms with Gasteiger partial charge >= 0.3 is 0 Å². The van der Waals surface area contributed by atoms with Crippen LogP contribution in [0.2, 0.25) is 5.02 Å². The summed E-state index contributed by atoms with van der Waals surface area (Å²) >= 11 is 5.99. The van der Waals surface area contributed by atoms with E-state index in [4.69, 9.17) is 16.1 Å². The van der Waals surface area contributed by atoms with Crippen LogP contribution in [0.3, 0.4) is 0 Å². The van der Waals surface area contributed by atoms with Crippen molar-refractivity contribution in [2.24, 2.45) is 10.9 Å². The molecule has 0 amide bonds. The van der Waals surface area contributed by atoms with Gasteiger partial charge in [0.15, 0.2) is 0 Å². The van der Waals surface area contributed by atoms with Crippen LogP contribution < -0.4 is 0 Å². The van der Waals surface area contributed by atoms with Crippen LogP contribution in [0.4, 0.5) is 5.88 Å². The normalized spacial score (nSPS) is 17.1. The van der Waals surface area contributed by atoms with Gasteiger partial charge < -0.3 is 4.52 Å². The fourth-order valence-electron chi connectivity index (χ4n) is 2.20. The average Bonchev–Trinajstić information content (AvgIpc) is 2.64. The highest BCUT2D eigenvalue weighted by atomic mass is 35.5. The maximum atomic E-state index is 10.1. The molecule has 0 atom stereocenters. The van der Waals surface area contributed by atoms with Gasteiger partial charge in [0.1, 0.15) is 10.7 Å². The lowest BCUT2D eigenvalue weighted by Crippen LogP contribution is -2.09. The summed E-state index contributed by atoms with van der Waals surface area (Å²) in [5, 5.41) is 4.20. The Morgan fingerprint density at radius 2 is 2.19 bits per heavy atom. The van der Waals surface area contributed by atoms with Crippen molar-refractivity contribution >= 4 is 23.6 Å². The molecule has 0 radical (unpaired) electrons. The first-order chi connectivity index (χ1) is 7.81. The molecule has 0 unspecified atom stereocenters. The van der Waals surface area contributed by atoms with Gasteiger partial charge in [0.05, 0.1) is 0 Å². The first-order valence-electron chi connectivity index (χ1n) is 5.53. The topological polar surface area (TPSA) is 55.5 Å². The van der Waals surface area contributed by atoms with Gasteiger partial charge in [0.25, 0.3) is 5.88 Å². The first kappa shape index (κ1) is 11.4. The molecular formula is C11H13ClN2O2. The van der Waals surface area contributed by atoms with Gasteiger partial charge in [-0.05, 0) is 12.3 Å². The SMILES string of the molecule is O=C=Nc1onc(CC2CCCCC2)c1Cl. The second-order valence-corrected chi connectivity index (χ2v) is 4.54. The third-order valence-corrected chi connectivity index (χ3v) is 3.42. The zero-order valence-electron chi connectivity index (χ0n) is 8.91. The smallest absolute Gasteiger partial charge is 0.280 e. The summed E-state index contributed by atoms with van der Waals surface area (Å²) in [6.45, 7) is 0. The van der Waals surface area contributed by atoms with Crippen molar-refractivity contribution in [3.8, 4) is 0 Å². The number of aromatic nitrogens is 1. The Bertz CT molecular complexity index is 404. The van der Waals surface area contributed by atoms with E-state index in [1.807, 2.05) is 0 Å². The summed E-state index contributed by atoms with van der Waals surface area (Å²) in [7, 11) is 0. The molecule has 4 nitrogen and oxygen atoms in total. The van der Waals surface area contributed by atoms with Gasteiger partial charge in [-0.3, -0.25) is 0 Å². The molecule has 0 aliphatic heterocycles. The van der Waals surface area contributed by atoms with Crippen LogP contribution >= 0.6 is 11.6 Å². The highest BCUT2D eigenvalue weighted by Crippen LogP contribution is 2.33. The number of hydrogen-bond acceptors (Lipinski definition) is 4. The minimum absolute atomic E-state index is 0.0717. The fourth-order valence-corrected chi connectivity index (χ4v) is 2.39. The summed E-state index contributed by atoms with van der Waals surface area (Å²) in [5.74, 6) is 0.701. The molecule has 16 heavy (non-hydrogen) atoms. The molecule has 0 bridgehead atoms. The predicted octanol–water partition coefficient (Wildman–Crippen LogP) is 3.42. The molecule has 1 aliphatic carbocycles. The van der Waals surface area contributed by atoms with Gasteiger partial charge in [-0.1, -0.05) is 48.9 Å². The molecule has 2 rings (SSSR count). The highest BCUT2D eigenvalue weighted by molar-refractivity contribution is 6.33. The maximum Gasteiger partial charge on any atom is 0.280 e. The Morgan fingerprint density at radius 1 is 1.44 bits per heavy atom. The minimum atomic E-state index is 0.0717. The van der Waals surface area contributed by atoms with E-state index in [-0.39, 0.29) is 5.88 Å². The third kappa shape index (κ3) is 2.52. The summed E-state index contributed by atoms with van der Waals surface area (Å²) in [6, 6.07) is 0. The molecule has 0 saturated heterocycles. The third-order valence-electron chi connectivity index (χ3n) is 3.04. The lowest BCUT2D eigenvalue weighted by atomic mass is 9.86. The van der Waals surface area contributed by atoms with E-state index in [0.717, 1.165) is 6.42 Å². The van der Waals surface area contributed by atoms with Crippen molar-refractivity contribution in [3.63, 3.8) is 0 Å². The van der Waals surface area contributed by atoms with Crippen molar-refractivity contribution in [3.05, 3.63) is 10.7 Å². The van der Waals surface area contributed by atoms with Crippen LogP contribution in [0.5, 0.6) is 0 Å². The number of halogens is 1. The molecule has 1 aromatic rings. The largest absolute Gasteiger partial charge is 0.334 e. The Balaban J connectivity index is 2.06. The zero-order chi connectivity index (χ0) is 11.4. The monoisotopic (exact) mass is 240 g/mol. The Hall–Kier alpha value is -1.12. The molecule has 0 spiro atoms. The molecular weight excluding hydrogens is 228 g/mol. The summed E-state index contributed by atoms with van der Waals surface area (Å²) in [5.41, 5.74) is 0.711. The predicted molar refractivity (Wildman–Crippen MR) is 59.6 cm³/mol. The summed E-state index contributed by atoms with van der Waals surface area (Å²) in [4.78, 5) is 13.4. The van der Waals surface area contributed by atoms with Crippen LogP contribution in [-0.2, 0) is 11.2 Å². The molecule has 1 aromatic heterocycles. The Labute approximate surface area is 98.7 Å². The van der Waals surface area contributed by atoms with E-state index >= 15 is 0 Å².